The van der Waals surface area contributed by atoms with Gasteiger partial charge in [0.1, 0.15) is 5.00 Å². The van der Waals surface area contributed by atoms with Crippen LogP contribution in [0.5, 0.6) is 0 Å². The molecule has 1 aliphatic heterocycles. The van der Waals surface area contributed by atoms with Crippen molar-refractivity contribution in [2.24, 2.45) is 11.8 Å². The molecule has 2 N–H and O–H groups in total. The van der Waals surface area contributed by atoms with Crippen LogP contribution in [0.25, 0.3) is 0 Å². The van der Waals surface area contributed by atoms with E-state index < -0.39 is 17.8 Å². The van der Waals surface area contributed by atoms with E-state index in [-0.39, 0.29) is 11.8 Å². The topological polar surface area (TPSA) is 95.9 Å². The largest absolute Gasteiger partial charge is 0.481 e. The highest BCUT2D eigenvalue weighted by Gasteiger charge is 2.36. The number of ether oxygens (including phenoxy) is 1. The van der Waals surface area contributed by atoms with E-state index in [1.807, 2.05) is 12.2 Å². The number of rotatable bonds is 4. The molecule has 2 heterocycles. The summed E-state index contributed by atoms with van der Waals surface area (Å²) in [6, 6.07) is 0. The first-order chi connectivity index (χ1) is 14.1. The maximum Gasteiger partial charge on any atom is 0.307 e. The number of aliphatic carboxylic acids is 1. The normalized spacial score (nSPS) is 24.1. The molecule has 1 aromatic heterocycles. The summed E-state index contributed by atoms with van der Waals surface area (Å²) >= 11 is 1.48. The zero-order chi connectivity index (χ0) is 20.4. The highest BCUT2D eigenvalue weighted by atomic mass is 32.1. The first-order valence-electron chi connectivity index (χ1n) is 10.3. The van der Waals surface area contributed by atoms with Gasteiger partial charge in [-0.2, -0.15) is 0 Å². The predicted octanol–water partition coefficient (Wildman–Crippen LogP) is 2.70. The fraction of sp³-hybridized carbons (Fsp3) is 0.571. The quantitative estimate of drug-likeness (QED) is 0.733. The van der Waals surface area contributed by atoms with Crippen molar-refractivity contribution in [1.82, 2.24) is 4.90 Å². The van der Waals surface area contributed by atoms with Gasteiger partial charge >= 0.3 is 5.97 Å². The molecular weight excluding hydrogens is 392 g/mol. The van der Waals surface area contributed by atoms with Gasteiger partial charge in [-0.05, 0) is 44.1 Å². The van der Waals surface area contributed by atoms with Gasteiger partial charge in [-0.3, -0.25) is 14.4 Å². The minimum atomic E-state index is -0.954. The van der Waals surface area contributed by atoms with Crippen molar-refractivity contribution in [3.05, 3.63) is 28.2 Å². The van der Waals surface area contributed by atoms with Gasteiger partial charge in [0.2, 0.25) is 5.91 Å². The molecule has 1 saturated heterocycles. The van der Waals surface area contributed by atoms with E-state index in [2.05, 4.69) is 5.32 Å². The molecule has 0 saturated carbocycles. The number of morpholine rings is 1. The SMILES string of the molecule is O=C(O)[C@H]1CC=CC[C@@H]1C(=O)Nc1sc2c(c1C(=O)N1CCOCC1)CCCC2. The second-order valence-electron chi connectivity index (χ2n) is 7.80. The van der Waals surface area contributed by atoms with E-state index in [9.17, 15) is 19.5 Å². The van der Waals surface area contributed by atoms with Crippen molar-refractivity contribution in [1.29, 1.82) is 0 Å². The third kappa shape index (κ3) is 4.09. The average molecular weight is 419 g/mol. The van der Waals surface area contributed by atoms with E-state index in [0.29, 0.717) is 49.7 Å². The highest BCUT2D eigenvalue weighted by Crippen LogP contribution is 2.40. The Hall–Kier alpha value is -2.19. The van der Waals surface area contributed by atoms with Crippen LogP contribution in [0.4, 0.5) is 5.00 Å². The molecule has 0 spiro atoms. The summed E-state index contributed by atoms with van der Waals surface area (Å²) in [5.41, 5.74) is 1.67. The fourth-order valence-corrected chi connectivity index (χ4v) is 5.67. The van der Waals surface area contributed by atoms with E-state index in [1.54, 1.807) is 4.90 Å². The van der Waals surface area contributed by atoms with Crippen molar-refractivity contribution in [3.63, 3.8) is 0 Å². The Balaban J connectivity index is 1.62. The number of fused-ring (bicyclic) bond motifs is 1. The van der Waals surface area contributed by atoms with Gasteiger partial charge in [0, 0.05) is 18.0 Å². The zero-order valence-electron chi connectivity index (χ0n) is 16.3. The monoisotopic (exact) mass is 418 g/mol. The summed E-state index contributed by atoms with van der Waals surface area (Å²) in [4.78, 5) is 40.8. The summed E-state index contributed by atoms with van der Waals surface area (Å²) in [6.45, 7) is 2.14. The number of carbonyl (C=O) groups is 3. The van der Waals surface area contributed by atoms with Crippen LogP contribution < -0.4 is 5.32 Å². The van der Waals surface area contributed by atoms with Crippen LogP contribution in [0.1, 0.15) is 46.5 Å². The molecule has 2 aliphatic carbocycles. The number of amides is 2. The van der Waals surface area contributed by atoms with Gasteiger partial charge < -0.3 is 20.1 Å². The van der Waals surface area contributed by atoms with Crippen molar-refractivity contribution in [2.45, 2.75) is 38.5 Å². The molecule has 156 valence electrons. The Kier molecular flexibility index (Phi) is 6.01. The summed E-state index contributed by atoms with van der Waals surface area (Å²) < 4.78 is 5.37. The number of nitrogens with one attached hydrogen (secondary N) is 1. The van der Waals surface area contributed by atoms with Gasteiger partial charge in [0.25, 0.3) is 5.91 Å². The van der Waals surface area contributed by atoms with Crippen molar-refractivity contribution >= 4 is 34.1 Å². The Morgan fingerprint density at radius 1 is 1.07 bits per heavy atom. The predicted molar refractivity (Wildman–Crippen MR) is 109 cm³/mol. The van der Waals surface area contributed by atoms with Gasteiger partial charge in [0.05, 0.1) is 30.6 Å². The second kappa shape index (κ2) is 8.67. The molecule has 1 aromatic rings. The molecule has 1 fully saturated rings. The van der Waals surface area contributed by atoms with E-state index >= 15 is 0 Å². The molecule has 3 aliphatic rings. The minimum absolute atomic E-state index is 0.0543. The van der Waals surface area contributed by atoms with Crippen LogP contribution in [0, 0.1) is 11.8 Å². The van der Waals surface area contributed by atoms with E-state index in [0.717, 1.165) is 31.2 Å². The number of carbonyl (C=O) groups excluding carboxylic acids is 2. The number of nitrogens with zero attached hydrogens (tertiary/aromatic N) is 1. The number of thiophene rings is 1. The smallest absolute Gasteiger partial charge is 0.307 e. The van der Waals surface area contributed by atoms with Crippen LogP contribution in [-0.2, 0) is 27.2 Å². The molecule has 7 nitrogen and oxygen atoms in total. The lowest BCUT2D eigenvalue weighted by Crippen LogP contribution is -2.41. The van der Waals surface area contributed by atoms with Crippen molar-refractivity contribution < 1.29 is 24.2 Å². The van der Waals surface area contributed by atoms with E-state index in [1.165, 1.54) is 16.2 Å². The van der Waals surface area contributed by atoms with Gasteiger partial charge in [-0.1, -0.05) is 12.2 Å². The number of carboxylic acid groups (broad SMARTS) is 1. The third-order valence-corrected chi connectivity index (χ3v) is 7.21. The minimum Gasteiger partial charge on any atom is -0.481 e. The van der Waals surface area contributed by atoms with Crippen LogP contribution in [-0.4, -0.2) is 54.1 Å². The first-order valence-corrected chi connectivity index (χ1v) is 11.1. The molecule has 2 atom stereocenters. The van der Waals surface area contributed by atoms with Gasteiger partial charge in [0.15, 0.2) is 0 Å². The molecule has 4 rings (SSSR count). The van der Waals surface area contributed by atoms with E-state index in [4.69, 9.17) is 4.74 Å². The average Bonchev–Trinajstić information content (AvgIpc) is 3.11. The Morgan fingerprint density at radius 3 is 2.48 bits per heavy atom. The number of anilines is 1. The van der Waals surface area contributed by atoms with Crippen molar-refractivity contribution in [3.8, 4) is 0 Å². The molecule has 0 radical (unpaired) electrons. The van der Waals surface area contributed by atoms with Gasteiger partial charge in [-0.25, -0.2) is 0 Å². The Bertz CT molecular complexity index is 840. The number of aryl methyl sites for hydroxylation is 1. The fourth-order valence-electron chi connectivity index (χ4n) is 4.39. The first kappa shape index (κ1) is 20.1. The zero-order valence-corrected chi connectivity index (χ0v) is 17.1. The van der Waals surface area contributed by atoms with Crippen LogP contribution in [0.15, 0.2) is 12.2 Å². The number of allylic oxidation sites excluding steroid dienone is 2. The summed E-state index contributed by atoms with van der Waals surface area (Å²) in [5.74, 6) is -2.67. The lowest BCUT2D eigenvalue weighted by atomic mass is 9.82. The maximum atomic E-state index is 13.3. The molecule has 2 amide bonds. The van der Waals surface area contributed by atoms with Crippen LogP contribution >= 0.6 is 11.3 Å². The summed E-state index contributed by atoms with van der Waals surface area (Å²) in [6.07, 6.45) is 8.33. The Morgan fingerprint density at radius 2 is 1.76 bits per heavy atom. The van der Waals surface area contributed by atoms with Gasteiger partial charge in [-0.15, -0.1) is 11.3 Å². The summed E-state index contributed by atoms with van der Waals surface area (Å²) in [5, 5.41) is 13.0. The maximum absolute atomic E-state index is 13.3. The standard InChI is InChI=1S/C21H26N2O5S/c24-18(13-5-1-2-6-14(13)21(26)27)22-19-17(15-7-3-4-8-16(15)29-19)20(25)23-9-11-28-12-10-23/h1-2,13-14H,3-12H2,(H,22,24)(H,26,27)/t13-,14-/m0/s1. The lowest BCUT2D eigenvalue weighted by molar-refractivity contribution is -0.146. The summed E-state index contributed by atoms with van der Waals surface area (Å²) in [7, 11) is 0. The van der Waals surface area contributed by atoms with Crippen molar-refractivity contribution in [2.75, 3.05) is 31.6 Å². The number of hydrogen-bond acceptors (Lipinski definition) is 5. The third-order valence-electron chi connectivity index (χ3n) is 6.01. The molecule has 8 heteroatoms. The molecule has 0 bridgehead atoms. The lowest BCUT2D eigenvalue weighted by Gasteiger charge is -2.28. The Labute approximate surface area is 173 Å². The molecule has 0 aromatic carbocycles. The molecular formula is C21H26N2O5S. The van der Waals surface area contributed by atoms with Crippen LogP contribution in [0.2, 0.25) is 0 Å². The molecule has 0 unspecified atom stereocenters. The number of carboxylic acids is 1. The second-order valence-corrected chi connectivity index (χ2v) is 8.91. The highest BCUT2D eigenvalue weighted by molar-refractivity contribution is 7.17. The molecule has 29 heavy (non-hydrogen) atoms. The number of hydrogen-bond donors (Lipinski definition) is 2. The van der Waals surface area contributed by atoms with Crippen LogP contribution in [0.3, 0.4) is 0 Å².